The number of halogens is 3. The Morgan fingerprint density at radius 1 is 1.15 bits per heavy atom. The molecule has 39 heavy (non-hydrogen) atoms. The third-order valence-corrected chi connectivity index (χ3v) is 8.65. The van der Waals surface area contributed by atoms with Crippen LogP contribution in [0.5, 0.6) is 0 Å². The highest BCUT2D eigenvalue weighted by molar-refractivity contribution is 7.18. The molecule has 0 spiro atoms. The van der Waals surface area contributed by atoms with E-state index in [1.807, 2.05) is 43.0 Å². The van der Waals surface area contributed by atoms with Crippen LogP contribution >= 0.6 is 11.3 Å². The molecule has 5 heterocycles. The first-order valence-electron chi connectivity index (χ1n) is 12.7. The maximum Gasteiger partial charge on any atom is 0.417 e. The Morgan fingerprint density at radius 2 is 1.90 bits per heavy atom. The van der Waals surface area contributed by atoms with E-state index in [1.165, 1.54) is 11.3 Å². The van der Waals surface area contributed by atoms with Gasteiger partial charge in [0.25, 0.3) is 0 Å². The summed E-state index contributed by atoms with van der Waals surface area (Å²) in [5.41, 5.74) is 1.95. The Bertz CT molecular complexity index is 1570. The number of piperidine rings is 1. The summed E-state index contributed by atoms with van der Waals surface area (Å²) >= 11 is 1.31. The summed E-state index contributed by atoms with van der Waals surface area (Å²) < 4.78 is 42.9. The topological polar surface area (TPSA) is 91.5 Å². The Kier molecular flexibility index (Phi) is 6.04. The van der Waals surface area contributed by atoms with Crippen LogP contribution < -0.4 is 10.2 Å². The number of nitrogens with one attached hydrogen (secondary N) is 1. The van der Waals surface area contributed by atoms with Gasteiger partial charge in [-0.1, -0.05) is 17.3 Å². The van der Waals surface area contributed by atoms with E-state index in [4.69, 9.17) is 6.42 Å². The van der Waals surface area contributed by atoms with Crippen LogP contribution in [-0.4, -0.2) is 60.8 Å². The first-order chi connectivity index (χ1) is 18.6. The monoisotopic (exact) mass is 553 g/mol. The first kappa shape index (κ1) is 25.6. The zero-order chi connectivity index (χ0) is 27.5. The van der Waals surface area contributed by atoms with Crippen molar-refractivity contribution in [2.24, 2.45) is 11.8 Å². The van der Waals surface area contributed by atoms with E-state index in [9.17, 15) is 18.3 Å². The van der Waals surface area contributed by atoms with Crippen LogP contribution in [0, 0.1) is 24.2 Å². The second kappa shape index (κ2) is 9.20. The van der Waals surface area contributed by atoms with Crippen LogP contribution in [0.2, 0.25) is 0 Å². The van der Waals surface area contributed by atoms with Crippen molar-refractivity contribution in [3.63, 3.8) is 0 Å². The summed E-state index contributed by atoms with van der Waals surface area (Å²) in [5.74, 6) is 0.821. The summed E-state index contributed by atoms with van der Waals surface area (Å²) in [4.78, 5) is 6.51. The molecular weight excluding hydrogens is 527 g/mol. The third-order valence-electron chi connectivity index (χ3n) is 7.64. The predicted molar refractivity (Wildman–Crippen MR) is 143 cm³/mol. The van der Waals surface area contributed by atoms with Gasteiger partial charge in [-0.05, 0) is 51.0 Å². The lowest BCUT2D eigenvalue weighted by Crippen LogP contribution is -2.61. The number of aliphatic hydroxyl groups is 1. The lowest BCUT2D eigenvalue weighted by molar-refractivity contribution is -0.289. The quantitative estimate of drug-likeness (QED) is 0.341. The molecule has 2 aliphatic rings. The largest absolute Gasteiger partial charge is 0.417 e. The van der Waals surface area contributed by atoms with Crippen molar-refractivity contribution >= 4 is 27.7 Å². The highest BCUT2D eigenvalue weighted by atomic mass is 32.1. The Morgan fingerprint density at radius 3 is 2.56 bits per heavy atom. The van der Waals surface area contributed by atoms with E-state index < -0.39 is 23.6 Å². The molecule has 4 aromatic heterocycles. The van der Waals surface area contributed by atoms with E-state index in [0.29, 0.717) is 34.2 Å². The normalized spacial score (nSPS) is 23.0. The second-order valence-electron chi connectivity index (χ2n) is 10.4. The molecule has 1 saturated heterocycles. The van der Waals surface area contributed by atoms with Crippen molar-refractivity contribution in [2.45, 2.75) is 44.5 Å². The van der Waals surface area contributed by atoms with Gasteiger partial charge < -0.3 is 15.3 Å². The number of alkyl halides is 3. The minimum absolute atomic E-state index is 0.0884. The van der Waals surface area contributed by atoms with Gasteiger partial charge in [-0.3, -0.25) is 4.98 Å². The third kappa shape index (κ3) is 4.20. The lowest BCUT2D eigenvalue weighted by atomic mass is 9.80. The summed E-state index contributed by atoms with van der Waals surface area (Å²) in [6.07, 6.45) is 4.88. The molecule has 0 amide bonds. The van der Waals surface area contributed by atoms with Gasteiger partial charge in [-0.25, -0.2) is 4.52 Å². The second-order valence-corrected chi connectivity index (χ2v) is 11.4. The van der Waals surface area contributed by atoms with Gasteiger partial charge in [0.2, 0.25) is 5.13 Å². The van der Waals surface area contributed by atoms with E-state index >= 15 is 0 Å². The molecule has 12 heteroatoms. The molecule has 2 unspecified atom stereocenters. The van der Waals surface area contributed by atoms with Crippen LogP contribution in [0.1, 0.15) is 32.3 Å². The van der Waals surface area contributed by atoms with Gasteiger partial charge in [0.15, 0.2) is 10.6 Å². The highest BCUT2D eigenvalue weighted by Crippen LogP contribution is 2.54. The maximum absolute atomic E-state index is 13.7. The molecular formula is C27H26F3N7OS. The van der Waals surface area contributed by atoms with Gasteiger partial charge in [0.05, 0.1) is 28.7 Å². The summed E-state index contributed by atoms with van der Waals surface area (Å²) in [7, 11) is 0. The SMILES string of the molecule is C#Cc1cnn2c(-c3cc(NC(C)C)c(-c4nnc(N5CC6CCC(C5)C6(O)C(F)(F)F)s4)cn3)ccc2c1. The number of pyridine rings is 1. The van der Waals surface area contributed by atoms with Crippen molar-refractivity contribution in [3.8, 4) is 34.3 Å². The average Bonchev–Trinajstić information content (AvgIpc) is 3.57. The zero-order valence-electron chi connectivity index (χ0n) is 21.3. The summed E-state index contributed by atoms with van der Waals surface area (Å²) in [5, 5.41) is 28.3. The average molecular weight is 554 g/mol. The fourth-order valence-corrected chi connectivity index (χ4v) is 6.67. The molecule has 8 nitrogen and oxygen atoms in total. The van der Waals surface area contributed by atoms with Crippen molar-refractivity contribution < 1.29 is 18.3 Å². The molecule has 1 aliphatic carbocycles. The minimum atomic E-state index is -4.65. The Hall–Kier alpha value is -3.69. The fourth-order valence-electron chi connectivity index (χ4n) is 5.78. The van der Waals surface area contributed by atoms with Crippen molar-refractivity contribution in [1.29, 1.82) is 0 Å². The number of fused-ring (bicyclic) bond motifs is 3. The molecule has 1 saturated carbocycles. The van der Waals surface area contributed by atoms with Crippen LogP contribution in [0.3, 0.4) is 0 Å². The van der Waals surface area contributed by atoms with E-state index in [-0.39, 0.29) is 19.1 Å². The van der Waals surface area contributed by atoms with Crippen LogP contribution in [-0.2, 0) is 0 Å². The van der Waals surface area contributed by atoms with Gasteiger partial charge in [-0.15, -0.1) is 16.6 Å². The Labute approximate surface area is 226 Å². The van der Waals surface area contributed by atoms with Gasteiger partial charge in [0.1, 0.15) is 0 Å². The first-order valence-corrected chi connectivity index (χ1v) is 13.5. The maximum atomic E-state index is 13.7. The van der Waals surface area contributed by atoms with E-state index in [1.54, 1.807) is 16.9 Å². The number of aromatic nitrogens is 5. The highest BCUT2D eigenvalue weighted by Gasteiger charge is 2.67. The molecule has 2 fully saturated rings. The van der Waals surface area contributed by atoms with Crippen molar-refractivity contribution in [2.75, 3.05) is 23.3 Å². The van der Waals surface area contributed by atoms with Crippen molar-refractivity contribution in [1.82, 2.24) is 24.8 Å². The number of hydrogen-bond donors (Lipinski definition) is 2. The number of rotatable bonds is 5. The molecule has 6 rings (SSSR count). The standard InChI is InChI=1S/C27H26F3N7OS/c1-4-16-9-19-7-8-23(37(19)32-11-16)22-10-21(33-15(2)3)20(12-31-22)24-34-35-25(39-24)36-13-17-5-6-18(14-36)26(17,38)27(28,29)30/h1,7-12,15,17-18,38H,5-6,13-14H2,2-3H3,(H,31,33). The molecule has 2 bridgehead atoms. The molecule has 1 aliphatic heterocycles. The molecule has 2 N–H and O–H groups in total. The van der Waals surface area contributed by atoms with E-state index in [2.05, 4.69) is 31.5 Å². The minimum Gasteiger partial charge on any atom is -0.382 e. The fraction of sp³-hybridized carbons (Fsp3) is 0.407. The molecule has 0 aromatic carbocycles. The Balaban J connectivity index is 1.31. The predicted octanol–water partition coefficient (Wildman–Crippen LogP) is 4.86. The molecule has 202 valence electrons. The smallest absolute Gasteiger partial charge is 0.382 e. The molecule has 4 aromatic rings. The molecule has 2 atom stereocenters. The van der Waals surface area contributed by atoms with Gasteiger partial charge in [0, 0.05) is 48.4 Å². The van der Waals surface area contributed by atoms with Crippen LogP contribution in [0.25, 0.3) is 27.5 Å². The van der Waals surface area contributed by atoms with Crippen LogP contribution in [0.15, 0.2) is 36.7 Å². The molecule has 0 radical (unpaired) electrons. The van der Waals surface area contributed by atoms with Crippen molar-refractivity contribution in [3.05, 3.63) is 42.2 Å². The van der Waals surface area contributed by atoms with Gasteiger partial charge in [-0.2, -0.15) is 18.3 Å². The zero-order valence-corrected chi connectivity index (χ0v) is 22.1. The van der Waals surface area contributed by atoms with Gasteiger partial charge >= 0.3 is 6.18 Å². The number of anilines is 2. The summed E-state index contributed by atoms with van der Waals surface area (Å²) in [6, 6.07) is 7.78. The number of nitrogens with zero attached hydrogens (tertiary/aromatic N) is 6. The number of terminal acetylenes is 1. The lowest BCUT2D eigenvalue weighted by Gasteiger charge is -2.44. The van der Waals surface area contributed by atoms with E-state index in [0.717, 1.165) is 22.5 Å². The summed E-state index contributed by atoms with van der Waals surface area (Å²) in [6.45, 7) is 4.22. The number of hydrogen-bond acceptors (Lipinski definition) is 8. The van der Waals surface area contributed by atoms with Crippen LogP contribution in [0.4, 0.5) is 24.0 Å².